The molecule has 0 bridgehead atoms. The number of carbonyl (C=O) groups is 1. The zero-order valence-electron chi connectivity index (χ0n) is 14.9. The lowest BCUT2D eigenvalue weighted by atomic mass is 10.0. The number of nitrogens with zero attached hydrogens (tertiary/aromatic N) is 1. The molecule has 3 rings (SSSR count). The van der Waals surface area contributed by atoms with Gasteiger partial charge in [0.1, 0.15) is 12.4 Å². The van der Waals surface area contributed by atoms with Crippen molar-refractivity contribution in [2.24, 2.45) is 0 Å². The maximum absolute atomic E-state index is 13.1. The zero-order chi connectivity index (χ0) is 19.4. The van der Waals surface area contributed by atoms with E-state index in [4.69, 9.17) is 4.74 Å². The van der Waals surface area contributed by atoms with Gasteiger partial charge in [0, 0.05) is 18.8 Å². The average Bonchev–Trinajstić information content (AvgIpc) is 2.66. The first kappa shape index (κ1) is 19.3. The third-order valence-electron chi connectivity index (χ3n) is 4.28. The fraction of sp³-hybridized carbons (Fsp3) is 0.316. The molecular formula is C19H21FN2O4S. The molecule has 1 amide bonds. The maximum Gasteiger partial charge on any atom is 0.264 e. The van der Waals surface area contributed by atoms with Gasteiger partial charge in [0.05, 0.1) is 10.6 Å². The van der Waals surface area contributed by atoms with E-state index >= 15 is 0 Å². The number of benzene rings is 2. The summed E-state index contributed by atoms with van der Waals surface area (Å²) in [6, 6.07) is 9.94. The number of aryl methyl sites for hydroxylation is 1. The van der Waals surface area contributed by atoms with Gasteiger partial charge >= 0.3 is 0 Å². The summed E-state index contributed by atoms with van der Waals surface area (Å²) in [4.78, 5) is 11.8. The molecule has 1 aliphatic rings. The summed E-state index contributed by atoms with van der Waals surface area (Å²) in [6.07, 6.45) is 1.36. The summed E-state index contributed by atoms with van der Waals surface area (Å²) in [6.45, 7) is 2.58. The van der Waals surface area contributed by atoms with Gasteiger partial charge in [0.25, 0.3) is 10.0 Å². The highest BCUT2D eigenvalue weighted by atomic mass is 32.2. The van der Waals surface area contributed by atoms with Gasteiger partial charge in [0.15, 0.2) is 0 Å². The summed E-state index contributed by atoms with van der Waals surface area (Å²) in [5.74, 6) is -0.746. The van der Waals surface area contributed by atoms with Crippen LogP contribution in [-0.4, -0.2) is 34.1 Å². The minimum Gasteiger partial charge on any atom is -0.372 e. The topological polar surface area (TPSA) is 75.7 Å². The molecule has 0 saturated heterocycles. The molecule has 0 unspecified atom stereocenters. The lowest BCUT2D eigenvalue weighted by Crippen LogP contribution is -2.35. The van der Waals surface area contributed by atoms with Crippen LogP contribution in [0.25, 0.3) is 0 Å². The van der Waals surface area contributed by atoms with E-state index in [9.17, 15) is 17.6 Å². The average molecular weight is 392 g/mol. The van der Waals surface area contributed by atoms with Crippen LogP contribution in [0.3, 0.4) is 0 Å². The van der Waals surface area contributed by atoms with Crippen LogP contribution in [0.1, 0.15) is 18.9 Å². The Bertz CT molecular complexity index is 929. The number of sulfonamides is 1. The second-order valence-corrected chi connectivity index (χ2v) is 8.03. The van der Waals surface area contributed by atoms with Crippen molar-refractivity contribution in [3.05, 3.63) is 53.8 Å². The molecule has 0 radical (unpaired) electrons. The molecule has 0 aliphatic carbocycles. The van der Waals surface area contributed by atoms with Gasteiger partial charge in [-0.2, -0.15) is 0 Å². The second kappa shape index (κ2) is 8.06. The van der Waals surface area contributed by atoms with Crippen LogP contribution in [0, 0.1) is 5.82 Å². The molecule has 1 N–H and O–H groups in total. The van der Waals surface area contributed by atoms with Crippen molar-refractivity contribution in [2.75, 3.05) is 29.4 Å². The van der Waals surface area contributed by atoms with E-state index in [-0.39, 0.29) is 17.4 Å². The molecule has 0 spiro atoms. The number of nitrogens with one attached hydrogen (secondary N) is 1. The Balaban J connectivity index is 1.86. The van der Waals surface area contributed by atoms with Crippen molar-refractivity contribution in [1.82, 2.24) is 0 Å². The standard InChI is InChI=1S/C19H21FN2O4S/c1-2-26-13-19(23)21-16-7-10-18-14(12-16)4-3-11-22(18)27(24,25)17-8-5-15(20)6-9-17/h5-10,12H,2-4,11,13H2,1H3,(H,21,23). The fourth-order valence-electron chi connectivity index (χ4n) is 3.02. The van der Waals surface area contributed by atoms with Crippen molar-refractivity contribution in [1.29, 1.82) is 0 Å². The zero-order valence-corrected chi connectivity index (χ0v) is 15.8. The molecule has 0 aromatic heterocycles. The van der Waals surface area contributed by atoms with Crippen molar-refractivity contribution in [3.8, 4) is 0 Å². The van der Waals surface area contributed by atoms with Crippen LogP contribution < -0.4 is 9.62 Å². The fourth-order valence-corrected chi connectivity index (χ4v) is 4.56. The van der Waals surface area contributed by atoms with E-state index in [2.05, 4.69) is 5.32 Å². The van der Waals surface area contributed by atoms with Crippen molar-refractivity contribution in [3.63, 3.8) is 0 Å². The largest absolute Gasteiger partial charge is 0.372 e. The smallest absolute Gasteiger partial charge is 0.264 e. The Morgan fingerprint density at radius 2 is 1.96 bits per heavy atom. The van der Waals surface area contributed by atoms with Gasteiger partial charge < -0.3 is 10.1 Å². The van der Waals surface area contributed by atoms with Gasteiger partial charge in [0.2, 0.25) is 5.91 Å². The third kappa shape index (κ3) is 4.28. The predicted molar refractivity (Wildman–Crippen MR) is 101 cm³/mol. The summed E-state index contributed by atoms with van der Waals surface area (Å²) >= 11 is 0. The second-order valence-electron chi connectivity index (χ2n) is 6.16. The van der Waals surface area contributed by atoms with Crippen LogP contribution in [-0.2, 0) is 26.0 Å². The monoisotopic (exact) mass is 392 g/mol. The van der Waals surface area contributed by atoms with Crippen LogP contribution in [0.2, 0.25) is 0 Å². The Morgan fingerprint density at radius 3 is 2.67 bits per heavy atom. The molecule has 0 fully saturated rings. The molecule has 27 heavy (non-hydrogen) atoms. The highest BCUT2D eigenvalue weighted by molar-refractivity contribution is 7.92. The quantitative estimate of drug-likeness (QED) is 0.820. The van der Waals surface area contributed by atoms with Crippen molar-refractivity contribution >= 4 is 27.3 Å². The highest BCUT2D eigenvalue weighted by Crippen LogP contribution is 2.33. The van der Waals surface area contributed by atoms with E-state index in [1.54, 1.807) is 18.2 Å². The van der Waals surface area contributed by atoms with E-state index in [0.717, 1.165) is 17.7 Å². The van der Waals surface area contributed by atoms with Crippen LogP contribution in [0.15, 0.2) is 47.4 Å². The Hall–Kier alpha value is -2.45. The number of carbonyl (C=O) groups excluding carboxylic acids is 1. The minimum atomic E-state index is -3.78. The summed E-state index contributed by atoms with van der Waals surface area (Å²) in [5, 5.41) is 2.74. The number of ether oxygens (including phenoxy) is 1. The van der Waals surface area contributed by atoms with Gasteiger partial charge in [-0.15, -0.1) is 0 Å². The maximum atomic E-state index is 13.1. The Morgan fingerprint density at radius 1 is 1.22 bits per heavy atom. The number of amides is 1. The molecule has 2 aromatic rings. The van der Waals surface area contributed by atoms with Gasteiger partial charge in [-0.1, -0.05) is 0 Å². The number of anilines is 2. The normalized spacial score (nSPS) is 13.9. The van der Waals surface area contributed by atoms with Gasteiger partial charge in [-0.25, -0.2) is 12.8 Å². The van der Waals surface area contributed by atoms with Crippen LogP contribution in [0.4, 0.5) is 15.8 Å². The molecule has 8 heteroatoms. The molecular weight excluding hydrogens is 371 g/mol. The number of hydrogen-bond acceptors (Lipinski definition) is 4. The third-order valence-corrected chi connectivity index (χ3v) is 6.11. The molecule has 1 heterocycles. The van der Waals surface area contributed by atoms with E-state index in [0.29, 0.717) is 37.4 Å². The molecule has 6 nitrogen and oxygen atoms in total. The summed E-state index contributed by atoms with van der Waals surface area (Å²) < 4.78 is 45.5. The number of hydrogen-bond donors (Lipinski definition) is 1. The van der Waals surface area contributed by atoms with E-state index in [1.807, 2.05) is 6.92 Å². The van der Waals surface area contributed by atoms with Crippen molar-refractivity contribution < 1.29 is 22.3 Å². The molecule has 1 aliphatic heterocycles. The number of fused-ring (bicyclic) bond motifs is 1. The number of halogens is 1. The Kier molecular flexibility index (Phi) is 5.76. The van der Waals surface area contributed by atoms with E-state index < -0.39 is 15.8 Å². The van der Waals surface area contributed by atoms with Crippen LogP contribution >= 0.6 is 0 Å². The van der Waals surface area contributed by atoms with Crippen LogP contribution in [0.5, 0.6) is 0 Å². The molecule has 144 valence electrons. The first-order chi connectivity index (χ1) is 12.9. The Labute approximate surface area is 158 Å². The minimum absolute atomic E-state index is 0.0291. The SMILES string of the molecule is CCOCC(=O)Nc1ccc2c(c1)CCCN2S(=O)(=O)c1ccc(F)cc1. The number of rotatable bonds is 6. The lowest BCUT2D eigenvalue weighted by molar-refractivity contribution is -0.120. The van der Waals surface area contributed by atoms with E-state index in [1.165, 1.54) is 16.4 Å². The molecule has 0 saturated carbocycles. The first-order valence-corrected chi connectivity index (χ1v) is 10.1. The molecule has 2 aromatic carbocycles. The highest BCUT2D eigenvalue weighted by Gasteiger charge is 2.29. The van der Waals surface area contributed by atoms with Gasteiger partial charge in [-0.3, -0.25) is 9.10 Å². The predicted octanol–water partition coefficient (Wildman–Crippen LogP) is 2.94. The summed E-state index contributed by atoms with van der Waals surface area (Å²) in [5.41, 5.74) is 2.01. The van der Waals surface area contributed by atoms with Crippen molar-refractivity contribution in [2.45, 2.75) is 24.7 Å². The lowest BCUT2D eigenvalue weighted by Gasteiger charge is -2.31. The molecule has 0 atom stereocenters. The van der Waals surface area contributed by atoms with Gasteiger partial charge in [-0.05, 0) is 67.8 Å². The first-order valence-electron chi connectivity index (χ1n) is 8.70. The summed E-state index contributed by atoms with van der Waals surface area (Å²) in [7, 11) is -3.78.